The van der Waals surface area contributed by atoms with Crippen LogP contribution in [0.4, 0.5) is 0 Å². The molecular weight excluding hydrogens is 381 g/mol. The van der Waals surface area contributed by atoms with Crippen LogP contribution in [0.1, 0.15) is 52.7 Å². The van der Waals surface area contributed by atoms with E-state index in [-0.39, 0.29) is 33.2 Å². The van der Waals surface area contributed by atoms with Gasteiger partial charge in [0.25, 0.3) is 0 Å². The maximum atomic E-state index is 10.2. The van der Waals surface area contributed by atoms with Crippen molar-refractivity contribution in [3.63, 3.8) is 0 Å². The number of aromatic hydroxyl groups is 1. The molecule has 2 heteroatoms. The topological polar surface area (TPSA) is 20.2 Å². The third kappa shape index (κ3) is 3.38. The first kappa shape index (κ1) is 15.8. The fraction of sp³-hybridized carbons (Fsp3) is 0.571. The number of hydrogen-bond acceptors (Lipinski definition) is 1. The van der Waals surface area contributed by atoms with Gasteiger partial charge in [-0.3, -0.25) is 0 Å². The Morgan fingerprint density at radius 3 is 1.44 bits per heavy atom. The molecule has 1 nitrogen and oxygen atoms in total. The molecule has 0 saturated carbocycles. The minimum Gasteiger partial charge on any atom is -0.533 e. The van der Waals surface area contributed by atoms with Gasteiger partial charge in [-0.15, -0.1) is 11.1 Å². The van der Waals surface area contributed by atoms with Crippen molar-refractivity contribution >= 4 is 0 Å². The van der Waals surface area contributed by atoms with Crippen LogP contribution in [0.5, 0.6) is 5.75 Å². The van der Waals surface area contributed by atoms with Crippen molar-refractivity contribution in [1.29, 1.82) is 0 Å². The van der Waals surface area contributed by atoms with Gasteiger partial charge >= 0.3 is 22.4 Å². The molecule has 16 heavy (non-hydrogen) atoms. The van der Waals surface area contributed by atoms with E-state index in [2.05, 4.69) is 47.6 Å². The Hall–Kier alpha value is -0.240. The Morgan fingerprint density at radius 1 is 0.875 bits per heavy atom. The summed E-state index contributed by atoms with van der Waals surface area (Å²) in [6.45, 7) is 12.6. The van der Waals surface area contributed by atoms with Crippen molar-refractivity contribution in [2.24, 2.45) is 0 Å². The largest absolute Gasteiger partial charge is 1.00 e. The molecule has 0 heterocycles. The van der Waals surface area contributed by atoms with Crippen LogP contribution in [0.15, 0.2) is 12.1 Å². The molecule has 0 unspecified atom stereocenters. The Kier molecular flexibility index (Phi) is 4.88. The quantitative estimate of drug-likeness (QED) is 0.517. The van der Waals surface area contributed by atoms with E-state index in [1.165, 1.54) is 0 Å². The monoisotopic (exact) mass is 402 g/mol. The third-order valence-corrected chi connectivity index (χ3v) is 2.58. The van der Waals surface area contributed by atoms with E-state index in [0.29, 0.717) is 5.75 Å². The summed E-state index contributed by atoms with van der Waals surface area (Å²) >= 11 is 0. The van der Waals surface area contributed by atoms with Crippen LogP contribution < -0.4 is 0 Å². The number of phenolic OH excluding ortho intramolecular Hbond substituents is 1. The van der Waals surface area contributed by atoms with Gasteiger partial charge in [0, 0.05) is 5.75 Å². The number of rotatable bonds is 0. The van der Waals surface area contributed by atoms with Gasteiger partial charge in [0.05, 0.1) is 0 Å². The standard InChI is InChI=1S/C14H21O.Au/c1-13(2,3)10-8-7-9-11(12(10)15)14(4,5)6;/h8-9,15H,1-6H3;/q-1;+1. The van der Waals surface area contributed by atoms with Crippen LogP contribution in [0, 0.1) is 6.07 Å². The van der Waals surface area contributed by atoms with Gasteiger partial charge in [0.2, 0.25) is 0 Å². The van der Waals surface area contributed by atoms with Crippen molar-refractivity contribution < 1.29 is 27.5 Å². The first-order chi connectivity index (χ1) is 6.64. The van der Waals surface area contributed by atoms with E-state index >= 15 is 0 Å². The molecule has 0 aliphatic rings. The fourth-order valence-electron chi connectivity index (χ4n) is 1.63. The third-order valence-electron chi connectivity index (χ3n) is 2.58. The predicted octanol–water partition coefficient (Wildman–Crippen LogP) is 3.78. The number of hydrogen-bond donors (Lipinski definition) is 1. The molecule has 94 valence electrons. The molecular formula is C14H21AuO. The van der Waals surface area contributed by atoms with Crippen LogP contribution in [-0.4, -0.2) is 5.11 Å². The minimum atomic E-state index is -0.0398. The van der Waals surface area contributed by atoms with Crippen LogP contribution in [0.25, 0.3) is 0 Å². The first-order valence-electron chi connectivity index (χ1n) is 5.38. The summed E-state index contributed by atoms with van der Waals surface area (Å²) < 4.78 is 0. The van der Waals surface area contributed by atoms with Crippen LogP contribution in [0.3, 0.4) is 0 Å². The van der Waals surface area contributed by atoms with Gasteiger partial charge in [-0.2, -0.15) is 18.2 Å². The maximum Gasteiger partial charge on any atom is 1.00 e. The molecule has 1 rings (SSSR count). The molecule has 0 radical (unpaired) electrons. The predicted molar refractivity (Wildman–Crippen MR) is 64.3 cm³/mol. The molecule has 0 aliphatic heterocycles. The normalized spacial score (nSPS) is 12.1. The molecule has 0 spiro atoms. The van der Waals surface area contributed by atoms with Crippen LogP contribution in [-0.2, 0) is 33.2 Å². The average Bonchev–Trinajstić information content (AvgIpc) is 1.99. The van der Waals surface area contributed by atoms with Gasteiger partial charge in [-0.05, 0) is 0 Å². The summed E-state index contributed by atoms with van der Waals surface area (Å²) in [6, 6.07) is 6.88. The SMILES string of the molecule is CC(C)(C)c1c[c-]cc(C(C)(C)C)c1O.[Au+]. The molecule has 0 saturated heterocycles. The maximum absolute atomic E-state index is 10.2. The minimum absolute atomic E-state index is 0. The Balaban J connectivity index is 0.00000225. The summed E-state index contributed by atoms with van der Waals surface area (Å²) in [5.41, 5.74) is 1.86. The van der Waals surface area contributed by atoms with Crippen LogP contribution >= 0.6 is 0 Å². The Morgan fingerprint density at radius 2 is 1.19 bits per heavy atom. The number of benzene rings is 1. The van der Waals surface area contributed by atoms with E-state index in [9.17, 15) is 5.11 Å². The van der Waals surface area contributed by atoms with Crippen molar-refractivity contribution in [3.8, 4) is 5.75 Å². The zero-order valence-corrected chi connectivity index (χ0v) is 13.1. The Bertz CT molecular complexity index is 324. The second-order valence-corrected chi connectivity index (χ2v) is 6.13. The molecule has 0 atom stereocenters. The van der Waals surface area contributed by atoms with E-state index in [4.69, 9.17) is 0 Å². The molecule has 0 amide bonds. The van der Waals surface area contributed by atoms with Gasteiger partial charge < -0.3 is 5.11 Å². The number of phenols is 1. The molecule has 0 bridgehead atoms. The van der Waals surface area contributed by atoms with Gasteiger partial charge in [-0.25, -0.2) is 0 Å². The summed E-state index contributed by atoms with van der Waals surface area (Å²) in [5, 5.41) is 10.2. The zero-order valence-electron chi connectivity index (χ0n) is 10.9. The molecule has 1 aromatic rings. The van der Waals surface area contributed by atoms with E-state index in [1.807, 2.05) is 12.1 Å². The zero-order chi connectivity index (χ0) is 11.9. The Labute approximate surface area is 115 Å². The van der Waals surface area contributed by atoms with Crippen molar-refractivity contribution in [3.05, 3.63) is 29.3 Å². The first-order valence-corrected chi connectivity index (χ1v) is 5.38. The molecule has 0 fully saturated rings. The van der Waals surface area contributed by atoms with Crippen molar-refractivity contribution in [1.82, 2.24) is 0 Å². The summed E-state index contributed by atoms with van der Waals surface area (Å²) in [4.78, 5) is 0. The smallest absolute Gasteiger partial charge is 0.533 e. The molecule has 1 N–H and O–H groups in total. The second kappa shape index (κ2) is 4.95. The summed E-state index contributed by atoms with van der Waals surface area (Å²) in [6.07, 6.45) is 0. The van der Waals surface area contributed by atoms with E-state index < -0.39 is 0 Å². The van der Waals surface area contributed by atoms with E-state index in [1.54, 1.807) is 0 Å². The molecule has 1 aromatic carbocycles. The average molecular weight is 402 g/mol. The van der Waals surface area contributed by atoms with Crippen molar-refractivity contribution in [2.75, 3.05) is 0 Å². The molecule has 0 aliphatic carbocycles. The van der Waals surface area contributed by atoms with Crippen molar-refractivity contribution in [2.45, 2.75) is 52.4 Å². The second-order valence-electron chi connectivity index (χ2n) is 6.13. The van der Waals surface area contributed by atoms with Crippen LogP contribution in [0.2, 0.25) is 0 Å². The summed E-state index contributed by atoms with van der Waals surface area (Å²) in [7, 11) is 0. The fourth-order valence-corrected chi connectivity index (χ4v) is 1.63. The molecule has 0 aromatic heterocycles. The van der Waals surface area contributed by atoms with Gasteiger partial charge in [-0.1, -0.05) is 52.4 Å². The van der Waals surface area contributed by atoms with Gasteiger partial charge in [0.15, 0.2) is 0 Å². The van der Waals surface area contributed by atoms with Gasteiger partial charge in [0.1, 0.15) is 0 Å². The summed E-state index contributed by atoms with van der Waals surface area (Å²) in [5.74, 6) is 0.425. The van der Waals surface area contributed by atoms with E-state index in [0.717, 1.165) is 11.1 Å².